The fourth-order valence-electron chi connectivity index (χ4n) is 2.12. The van der Waals surface area contributed by atoms with E-state index in [2.05, 4.69) is 28.1 Å². The predicted molar refractivity (Wildman–Crippen MR) is 78.4 cm³/mol. The maximum Gasteiger partial charge on any atom is 0.130 e. The number of aliphatic hydroxyl groups excluding tert-OH is 1. The monoisotopic (exact) mass is 322 g/mol. The normalized spacial score (nSPS) is 12.4. The van der Waals surface area contributed by atoms with Gasteiger partial charge in [-0.1, -0.05) is 52.3 Å². The Kier molecular flexibility index (Phi) is 5.11. The van der Waals surface area contributed by atoms with Crippen molar-refractivity contribution in [3.8, 4) is 0 Å². The highest BCUT2D eigenvalue weighted by atomic mass is 79.9. The first-order valence-electron chi connectivity index (χ1n) is 6.34. The molecule has 0 aliphatic carbocycles. The minimum absolute atomic E-state index is 0.357. The zero-order valence-electron chi connectivity index (χ0n) is 10.5. The smallest absolute Gasteiger partial charge is 0.130 e. The zero-order valence-corrected chi connectivity index (χ0v) is 12.1. The van der Waals surface area contributed by atoms with Crippen molar-refractivity contribution in [1.82, 2.24) is 0 Å². The first-order valence-corrected chi connectivity index (χ1v) is 7.13. The lowest BCUT2D eigenvalue weighted by Crippen LogP contribution is -2.02. The van der Waals surface area contributed by atoms with Gasteiger partial charge in [0.05, 0.1) is 6.10 Å². The molecule has 0 bridgehead atoms. The molecular weight excluding hydrogens is 307 g/mol. The van der Waals surface area contributed by atoms with Crippen LogP contribution in [0.2, 0.25) is 0 Å². The number of hydrogen-bond donors (Lipinski definition) is 1. The van der Waals surface area contributed by atoms with Crippen molar-refractivity contribution in [2.75, 3.05) is 0 Å². The molecule has 2 aromatic carbocycles. The molecule has 3 heteroatoms. The van der Waals surface area contributed by atoms with Crippen LogP contribution in [0.3, 0.4) is 0 Å². The Morgan fingerprint density at radius 1 is 1.05 bits per heavy atom. The summed E-state index contributed by atoms with van der Waals surface area (Å²) < 4.78 is 14.3. The Labute approximate surface area is 121 Å². The average molecular weight is 323 g/mol. The van der Waals surface area contributed by atoms with Gasteiger partial charge >= 0.3 is 0 Å². The molecule has 0 saturated heterocycles. The van der Waals surface area contributed by atoms with Gasteiger partial charge < -0.3 is 5.11 Å². The van der Waals surface area contributed by atoms with Gasteiger partial charge in [-0.05, 0) is 37.0 Å². The summed E-state index contributed by atoms with van der Waals surface area (Å²) in [4.78, 5) is 0. The van der Waals surface area contributed by atoms with Gasteiger partial charge in [0.1, 0.15) is 5.82 Å². The molecule has 19 heavy (non-hydrogen) atoms. The number of rotatable bonds is 5. The lowest BCUT2D eigenvalue weighted by molar-refractivity contribution is 0.159. The van der Waals surface area contributed by atoms with Crippen LogP contribution in [-0.2, 0) is 6.42 Å². The summed E-state index contributed by atoms with van der Waals surface area (Å²) in [5.74, 6) is -0.360. The minimum atomic E-state index is -0.765. The van der Waals surface area contributed by atoms with Crippen LogP contribution >= 0.6 is 15.9 Å². The molecule has 0 aromatic heterocycles. The second-order valence-corrected chi connectivity index (χ2v) is 5.38. The molecule has 0 aliphatic heterocycles. The van der Waals surface area contributed by atoms with Crippen LogP contribution in [0.1, 0.15) is 30.1 Å². The summed E-state index contributed by atoms with van der Waals surface area (Å²) in [5.41, 5.74) is 1.60. The minimum Gasteiger partial charge on any atom is -0.388 e. The third-order valence-electron chi connectivity index (χ3n) is 3.12. The van der Waals surface area contributed by atoms with Gasteiger partial charge in [0.2, 0.25) is 0 Å². The maximum absolute atomic E-state index is 13.7. The van der Waals surface area contributed by atoms with Crippen molar-refractivity contribution in [3.63, 3.8) is 0 Å². The number of aliphatic hydroxyl groups is 1. The second kappa shape index (κ2) is 6.83. The fourth-order valence-corrected chi connectivity index (χ4v) is 2.72. The van der Waals surface area contributed by atoms with Gasteiger partial charge in [-0.2, -0.15) is 0 Å². The summed E-state index contributed by atoms with van der Waals surface area (Å²) in [6.45, 7) is 0. The van der Waals surface area contributed by atoms with Gasteiger partial charge in [0, 0.05) is 10.0 Å². The van der Waals surface area contributed by atoms with E-state index in [-0.39, 0.29) is 5.82 Å². The molecule has 2 aromatic rings. The standard InChI is InChI=1S/C16H16BrFO/c17-13-9-5-10-14(18)16(13)15(19)11-4-8-12-6-2-1-3-7-12/h1-3,5-7,9-10,15,19H,4,8,11H2. The lowest BCUT2D eigenvalue weighted by Gasteiger charge is -2.13. The van der Waals surface area contributed by atoms with Crippen molar-refractivity contribution < 1.29 is 9.50 Å². The third-order valence-corrected chi connectivity index (χ3v) is 3.81. The van der Waals surface area contributed by atoms with Crippen LogP contribution in [0.25, 0.3) is 0 Å². The first kappa shape index (κ1) is 14.2. The fraction of sp³-hybridized carbons (Fsp3) is 0.250. The van der Waals surface area contributed by atoms with Crippen LogP contribution in [0.5, 0.6) is 0 Å². The summed E-state index contributed by atoms with van der Waals surface area (Å²) >= 11 is 3.28. The van der Waals surface area contributed by atoms with Crippen molar-refractivity contribution in [1.29, 1.82) is 0 Å². The van der Waals surface area contributed by atoms with E-state index in [1.807, 2.05) is 18.2 Å². The molecule has 2 rings (SSSR count). The topological polar surface area (TPSA) is 20.2 Å². The number of benzene rings is 2. The third kappa shape index (κ3) is 3.88. The number of halogens is 2. The highest BCUT2D eigenvalue weighted by Gasteiger charge is 2.15. The van der Waals surface area contributed by atoms with E-state index in [1.54, 1.807) is 12.1 Å². The summed E-state index contributed by atoms with van der Waals surface area (Å²) in [5, 5.41) is 10.1. The summed E-state index contributed by atoms with van der Waals surface area (Å²) in [6, 6.07) is 14.9. The van der Waals surface area contributed by atoms with Crippen LogP contribution in [0.4, 0.5) is 4.39 Å². The van der Waals surface area contributed by atoms with E-state index in [4.69, 9.17) is 0 Å². The van der Waals surface area contributed by atoms with Crippen LogP contribution in [-0.4, -0.2) is 5.11 Å². The van der Waals surface area contributed by atoms with E-state index < -0.39 is 6.10 Å². The second-order valence-electron chi connectivity index (χ2n) is 4.53. The van der Waals surface area contributed by atoms with Gasteiger partial charge in [0.25, 0.3) is 0 Å². The molecule has 1 unspecified atom stereocenters. The van der Waals surface area contributed by atoms with Gasteiger partial charge in [-0.15, -0.1) is 0 Å². The molecule has 0 spiro atoms. The lowest BCUT2D eigenvalue weighted by atomic mass is 10.0. The molecule has 1 N–H and O–H groups in total. The molecule has 0 radical (unpaired) electrons. The average Bonchev–Trinajstić information content (AvgIpc) is 2.40. The van der Waals surface area contributed by atoms with Gasteiger partial charge in [0.15, 0.2) is 0 Å². The number of aryl methyl sites for hydroxylation is 1. The number of hydrogen-bond acceptors (Lipinski definition) is 1. The Morgan fingerprint density at radius 2 is 1.79 bits per heavy atom. The Hall–Kier alpha value is -1.19. The SMILES string of the molecule is OC(CCCc1ccccc1)c1c(F)cccc1Br. The van der Waals surface area contributed by atoms with E-state index in [0.29, 0.717) is 16.5 Å². The van der Waals surface area contributed by atoms with Crippen LogP contribution in [0, 0.1) is 5.82 Å². The Bertz CT molecular complexity index is 507. The highest BCUT2D eigenvalue weighted by molar-refractivity contribution is 9.10. The van der Waals surface area contributed by atoms with Crippen LogP contribution in [0.15, 0.2) is 53.0 Å². The predicted octanol–water partition coefficient (Wildman–Crippen LogP) is 4.64. The largest absolute Gasteiger partial charge is 0.388 e. The maximum atomic E-state index is 13.7. The van der Waals surface area contributed by atoms with Crippen molar-refractivity contribution in [2.24, 2.45) is 0 Å². The van der Waals surface area contributed by atoms with Gasteiger partial charge in [-0.3, -0.25) is 0 Å². The van der Waals surface area contributed by atoms with E-state index in [9.17, 15) is 9.50 Å². The summed E-state index contributed by atoms with van der Waals surface area (Å²) in [6.07, 6.45) is 1.50. The van der Waals surface area contributed by atoms with Crippen molar-refractivity contribution >= 4 is 15.9 Å². The van der Waals surface area contributed by atoms with E-state index in [1.165, 1.54) is 11.6 Å². The molecule has 0 saturated carbocycles. The Morgan fingerprint density at radius 3 is 2.47 bits per heavy atom. The molecule has 1 atom stereocenters. The Balaban J connectivity index is 1.93. The first-order chi connectivity index (χ1) is 9.18. The van der Waals surface area contributed by atoms with E-state index in [0.717, 1.165) is 12.8 Å². The highest BCUT2D eigenvalue weighted by Crippen LogP contribution is 2.29. The molecule has 1 nitrogen and oxygen atoms in total. The van der Waals surface area contributed by atoms with Crippen LogP contribution < -0.4 is 0 Å². The van der Waals surface area contributed by atoms with Crippen molar-refractivity contribution in [2.45, 2.75) is 25.4 Å². The molecular formula is C16H16BrFO. The van der Waals surface area contributed by atoms with Gasteiger partial charge in [-0.25, -0.2) is 4.39 Å². The molecule has 0 fully saturated rings. The van der Waals surface area contributed by atoms with E-state index >= 15 is 0 Å². The quantitative estimate of drug-likeness (QED) is 0.849. The molecule has 100 valence electrons. The molecule has 0 amide bonds. The molecule has 0 heterocycles. The summed E-state index contributed by atoms with van der Waals surface area (Å²) in [7, 11) is 0. The molecule has 0 aliphatic rings. The van der Waals surface area contributed by atoms with Crippen molar-refractivity contribution in [3.05, 3.63) is 69.9 Å². The zero-order chi connectivity index (χ0) is 13.7.